The van der Waals surface area contributed by atoms with E-state index in [1.807, 2.05) is 46.0 Å². The number of halogens is 3. The molecule has 5 aliphatic heterocycles. The van der Waals surface area contributed by atoms with Crippen molar-refractivity contribution in [2.75, 3.05) is 68.5 Å². The Labute approximate surface area is 377 Å². The number of fused-ring (bicyclic) bond motifs is 1. The molecule has 20 heteroatoms. The SMILES string of the molecule is O=C1CCC(Oc2ccc(C3CCN(CC(=O)N4CC5(C4)CN(c4ccc(-c6cnc7[nH]cc(C(=O)c8c(F)ccc(NS(=O)(=O)N9CCC(F)C9)c8F)c7c6)cn4)C5)CC3)cc2)C(=O)N1. The predicted molar refractivity (Wildman–Crippen MR) is 236 cm³/mol. The number of nitrogens with zero attached hydrogens (tertiary/aromatic N) is 6. The zero-order chi connectivity index (χ0) is 45.9. The molecule has 2 aromatic carbocycles. The minimum atomic E-state index is -4.37. The topological polar surface area (TPSA) is 190 Å². The molecule has 5 saturated heterocycles. The number of imide groups is 1. The molecule has 0 radical (unpaired) electrons. The van der Waals surface area contributed by atoms with Gasteiger partial charge >= 0.3 is 10.2 Å². The number of anilines is 2. The molecule has 5 fully saturated rings. The summed E-state index contributed by atoms with van der Waals surface area (Å²) in [5.41, 5.74) is 1.12. The van der Waals surface area contributed by atoms with Gasteiger partial charge in [0.15, 0.2) is 11.9 Å². The first-order chi connectivity index (χ1) is 31.7. The lowest BCUT2D eigenvalue weighted by molar-refractivity contribution is -0.146. The number of hydrogen-bond acceptors (Lipinski definition) is 11. The highest BCUT2D eigenvalue weighted by Crippen LogP contribution is 2.42. The molecule has 1 spiro atoms. The summed E-state index contributed by atoms with van der Waals surface area (Å²) in [5.74, 6) is -2.43. The molecule has 3 N–H and O–H groups in total. The number of carbonyl (C=O) groups excluding carboxylic acids is 4. The van der Waals surface area contributed by atoms with Gasteiger partial charge in [-0.2, -0.15) is 12.7 Å². The highest BCUT2D eigenvalue weighted by atomic mass is 32.2. The summed E-state index contributed by atoms with van der Waals surface area (Å²) in [6.07, 6.45) is 5.02. The van der Waals surface area contributed by atoms with Crippen LogP contribution >= 0.6 is 0 Å². The van der Waals surface area contributed by atoms with E-state index in [4.69, 9.17) is 4.74 Å². The van der Waals surface area contributed by atoms with Gasteiger partial charge in [-0.15, -0.1) is 0 Å². The molecule has 10 rings (SSSR count). The van der Waals surface area contributed by atoms with Crippen molar-refractivity contribution < 1.29 is 45.5 Å². The van der Waals surface area contributed by atoms with E-state index in [-0.39, 0.29) is 42.2 Å². The third kappa shape index (κ3) is 8.48. The Bertz CT molecular complexity index is 2840. The van der Waals surface area contributed by atoms with Crippen LogP contribution in [0.15, 0.2) is 73.2 Å². The van der Waals surface area contributed by atoms with Crippen molar-refractivity contribution in [1.29, 1.82) is 0 Å². The van der Waals surface area contributed by atoms with Crippen LogP contribution in [0.25, 0.3) is 22.2 Å². The summed E-state index contributed by atoms with van der Waals surface area (Å²) >= 11 is 0. The molecule has 2 unspecified atom stereocenters. The fraction of sp³-hybridized carbons (Fsp3) is 0.391. The van der Waals surface area contributed by atoms with Crippen LogP contribution < -0.4 is 19.7 Å². The summed E-state index contributed by atoms with van der Waals surface area (Å²) < 4.78 is 78.8. The standard InChI is InChI=1S/C46H46F3N9O7S/c47-31-13-16-58(21-31)66(63,64)54-36-7-6-35(48)41(42(36)49)43(61)34-20-52-44-33(34)17-30(19-51-44)29-3-9-38(50-18-29)56-23-46(24-56)25-57(26-46)40(60)22-55-14-11-28(12-15-55)27-1-4-32(5-2-27)65-37-8-10-39(59)53-45(37)62/h1-7,9,17-20,28,31,37,54H,8,10-16,21-26H2,(H,51,52)(H,53,59,62). The summed E-state index contributed by atoms with van der Waals surface area (Å²) in [4.78, 5) is 68.7. The van der Waals surface area contributed by atoms with Gasteiger partial charge in [-0.25, -0.2) is 23.1 Å². The number of alkyl halides is 1. The molecule has 3 aromatic heterocycles. The van der Waals surface area contributed by atoms with E-state index in [0.29, 0.717) is 59.9 Å². The first-order valence-electron chi connectivity index (χ1n) is 21.9. The maximum absolute atomic E-state index is 15.7. The van der Waals surface area contributed by atoms with E-state index in [1.165, 1.54) is 11.8 Å². The van der Waals surface area contributed by atoms with Crippen molar-refractivity contribution in [3.8, 4) is 16.9 Å². The number of likely N-dealkylation sites (tertiary alicyclic amines) is 2. The summed E-state index contributed by atoms with van der Waals surface area (Å²) in [5, 5.41) is 2.60. The number of H-pyrrole nitrogens is 1. The number of piperidine rings is 2. The van der Waals surface area contributed by atoms with Gasteiger partial charge < -0.3 is 19.5 Å². The largest absolute Gasteiger partial charge is 0.481 e. The molecule has 0 saturated carbocycles. The number of hydrogen-bond donors (Lipinski definition) is 3. The smallest absolute Gasteiger partial charge is 0.301 e. The lowest BCUT2D eigenvalue weighted by Gasteiger charge is -2.60. The molecule has 16 nitrogen and oxygen atoms in total. The Hall–Kier alpha value is -6.38. The third-order valence-corrected chi connectivity index (χ3v) is 14.9. The Morgan fingerprint density at radius 2 is 1.65 bits per heavy atom. The Morgan fingerprint density at radius 1 is 0.894 bits per heavy atom. The molecule has 0 bridgehead atoms. The number of benzene rings is 2. The number of ether oxygens (including phenoxy) is 1. The second kappa shape index (κ2) is 17.1. The van der Waals surface area contributed by atoms with E-state index in [0.717, 1.165) is 61.3 Å². The number of pyridine rings is 2. The summed E-state index contributed by atoms with van der Waals surface area (Å²) in [6, 6.07) is 14.9. The molecular formula is C46H46F3N9O7S. The molecule has 66 heavy (non-hydrogen) atoms. The lowest BCUT2D eigenvalue weighted by atomic mass is 9.72. The fourth-order valence-electron chi connectivity index (χ4n) is 9.73. The molecule has 5 aromatic rings. The number of aromatic amines is 1. The van der Waals surface area contributed by atoms with Crippen LogP contribution in [0, 0.1) is 17.0 Å². The minimum Gasteiger partial charge on any atom is -0.481 e. The number of carbonyl (C=O) groups is 4. The maximum Gasteiger partial charge on any atom is 0.301 e. The van der Waals surface area contributed by atoms with Gasteiger partial charge in [0.2, 0.25) is 17.6 Å². The Kier molecular flexibility index (Phi) is 11.3. The fourth-order valence-corrected chi connectivity index (χ4v) is 11.0. The predicted octanol–water partition coefficient (Wildman–Crippen LogP) is 4.55. The molecule has 2 atom stereocenters. The number of rotatable bonds is 12. The van der Waals surface area contributed by atoms with Gasteiger partial charge in [0.1, 0.15) is 29.2 Å². The molecule has 8 heterocycles. The van der Waals surface area contributed by atoms with Crippen molar-refractivity contribution in [1.82, 2.24) is 34.4 Å². The summed E-state index contributed by atoms with van der Waals surface area (Å²) in [7, 11) is -4.37. The van der Waals surface area contributed by atoms with Crippen LogP contribution in [0.2, 0.25) is 0 Å². The Balaban J connectivity index is 0.705. The van der Waals surface area contributed by atoms with Crippen LogP contribution in [-0.2, 0) is 24.6 Å². The lowest BCUT2D eigenvalue weighted by Crippen LogP contribution is -2.73. The number of amides is 3. The van der Waals surface area contributed by atoms with Crippen molar-refractivity contribution in [3.05, 3.63) is 102 Å². The minimum absolute atomic E-state index is 0.00452. The second-order valence-corrected chi connectivity index (χ2v) is 19.6. The van der Waals surface area contributed by atoms with Crippen LogP contribution in [0.4, 0.5) is 24.7 Å². The molecule has 0 aliphatic carbocycles. The van der Waals surface area contributed by atoms with Crippen molar-refractivity contribution >= 4 is 56.3 Å². The van der Waals surface area contributed by atoms with Gasteiger partial charge in [-0.1, -0.05) is 12.1 Å². The zero-order valence-corrected chi connectivity index (χ0v) is 36.5. The van der Waals surface area contributed by atoms with Gasteiger partial charge in [0, 0.05) is 98.2 Å². The second-order valence-electron chi connectivity index (χ2n) is 18.0. The Morgan fingerprint density at radius 3 is 2.35 bits per heavy atom. The average Bonchev–Trinajstić information content (AvgIpc) is 3.92. The quantitative estimate of drug-likeness (QED) is 0.118. The van der Waals surface area contributed by atoms with E-state index in [1.54, 1.807) is 18.5 Å². The molecular weight excluding hydrogens is 880 g/mol. The van der Waals surface area contributed by atoms with Crippen LogP contribution in [-0.4, -0.2) is 132 Å². The normalized spacial score (nSPS) is 21.4. The van der Waals surface area contributed by atoms with Gasteiger partial charge in [0.05, 0.1) is 17.8 Å². The highest BCUT2D eigenvalue weighted by Gasteiger charge is 2.53. The molecule has 3 amide bonds. The van der Waals surface area contributed by atoms with Crippen LogP contribution in [0.5, 0.6) is 5.75 Å². The van der Waals surface area contributed by atoms with Gasteiger partial charge in [-0.3, -0.25) is 34.1 Å². The van der Waals surface area contributed by atoms with Crippen LogP contribution in [0.3, 0.4) is 0 Å². The van der Waals surface area contributed by atoms with Gasteiger partial charge in [-0.05, 0) is 86.3 Å². The maximum atomic E-state index is 15.7. The van der Waals surface area contributed by atoms with Crippen molar-refractivity contribution in [2.24, 2.45) is 5.41 Å². The molecule has 344 valence electrons. The summed E-state index contributed by atoms with van der Waals surface area (Å²) in [6.45, 7) is 4.45. The van der Waals surface area contributed by atoms with Crippen LogP contribution in [0.1, 0.15) is 59.5 Å². The number of ketones is 1. The van der Waals surface area contributed by atoms with Crippen molar-refractivity contribution in [2.45, 2.75) is 50.3 Å². The first-order valence-corrected chi connectivity index (χ1v) is 23.4. The van der Waals surface area contributed by atoms with Crippen molar-refractivity contribution in [3.63, 3.8) is 0 Å². The zero-order valence-electron chi connectivity index (χ0n) is 35.6. The monoisotopic (exact) mass is 925 g/mol. The van der Waals surface area contributed by atoms with E-state index < -0.39 is 63.6 Å². The van der Waals surface area contributed by atoms with E-state index >= 15 is 8.78 Å². The first kappa shape index (κ1) is 43.5. The third-order valence-electron chi connectivity index (χ3n) is 13.4. The number of nitrogens with one attached hydrogen (secondary N) is 3. The van der Waals surface area contributed by atoms with Gasteiger partial charge in [0.25, 0.3) is 5.91 Å². The average molecular weight is 926 g/mol. The highest BCUT2D eigenvalue weighted by molar-refractivity contribution is 7.90. The molecule has 5 aliphatic rings. The van der Waals surface area contributed by atoms with E-state index in [9.17, 15) is 32.0 Å². The van der Waals surface area contributed by atoms with E-state index in [2.05, 4.69) is 30.1 Å². The number of aromatic nitrogens is 3.